The van der Waals surface area contributed by atoms with Gasteiger partial charge >= 0.3 is 0 Å². The first-order chi connectivity index (χ1) is 11.5. The molecule has 0 aliphatic carbocycles. The Morgan fingerprint density at radius 1 is 0.708 bits per heavy atom. The molecule has 0 aromatic rings. The van der Waals surface area contributed by atoms with E-state index in [1.54, 1.807) is 0 Å². The zero-order valence-corrected chi connectivity index (χ0v) is 14.0. The molecule has 0 N–H and O–H groups in total. The average molecular weight is 338 g/mol. The number of rotatable bonds is 17. The summed E-state index contributed by atoms with van der Waals surface area (Å²) in [6.45, 7) is 11.3. The lowest BCUT2D eigenvalue weighted by Crippen LogP contribution is -2.27. The first-order valence-electron chi connectivity index (χ1n) is 7.76. The SMILES string of the molecule is C=CC(=O)CCOCC(COCCC(=O)C=C)OCCC(=O)C=C. The van der Waals surface area contributed by atoms with Gasteiger partial charge in [0.05, 0.1) is 33.0 Å². The lowest BCUT2D eigenvalue weighted by Gasteiger charge is -2.18. The highest BCUT2D eigenvalue weighted by Crippen LogP contribution is 2.00. The molecule has 6 nitrogen and oxygen atoms in total. The minimum absolute atomic E-state index is 0.0942. The third-order valence-electron chi connectivity index (χ3n) is 2.98. The highest BCUT2D eigenvalue weighted by molar-refractivity contribution is 5.89. The lowest BCUT2D eigenvalue weighted by molar-refractivity contribution is -0.120. The van der Waals surface area contributed by atoms with Crippen molar-refractivity contribution in [3.63, 3.8) is 0 Å². The summed E-state index contributed by atoms with van der Waals surface area (Å²) in [5.41, 5.74) is 0. The topological polar surface area (TPSA) is 78.9 Å². The second kappa shape index (κ2) is 14.7. The van der Waals surface area contributed by atoms with Gasteiger partial charge in [0.25, 0.3) is 0 Å². The first kappa shape index (κ1) is 22.1. The Morgan fingerprint density at radius 3 is 1.46 bits per heavy atom. The zero-order chi connectivity index (χ0) is 18.2. The van der Waals surface area contributed by atoms with Crippen LogP contribution >= 0.6 is 0 Å². The Bertz CT molecular complexity index is 413. The van der Waals surface area contributed by atoms with Gasteiger partial charge in [0, 0.05) is 19.3 Å². The maximum absolute atomic E-state index is 11.2. The second-order valence-corrected chi connectivity index (χ2v) is 4.90. The van der Waals surface area contributed by atoms with Gasteiger partial charge in [-0.1, -0.05) is 19.7 Å². The summed E-state index contributed by atoms with van der Waals surface area (Å²) >= 11 is 0. The molecule has 134 valence electrons. The molecule has 0 heterocycles. The van der Waals surface area contributed by atoms with Crippen LogP contribution in [0.3, 0.4) is 0 Å². The van der Waals surface area contributed by atoms with Gasteiger partial charge in [-0.2, -0.15) is 0 Å². The molecule has 6 heteroatoms. The summed E-state index contributed by atoms with van der Waals surface area (Å²) in [6.07, 6.45) is 4.08. The van der Waals surface area contributed by atoms with E-state index in [9.17, 15) is 14.4 Å². The number of ether oxygens (including phenoxy) is 3. The van der Waals surface area contributed by atoms with Crippen LogP contribution in [-0.4, -0.2) is 56.5 Å². The minimum atomic E-state index is -0.389. The van der Waals surface area contributed by atoms with E-state index in [1.165, 1.54) is 18.2 Å². The van der Waals surface area contributed by atoms with Gasteiger partial charge in [-0.05, 0) is 18.2 Å². The van der Waals surface area contributed by atoms with E-state index in [0.29, 0.717) is 0 Å². The van der Waals surface area contributed by atoms with Crippen molar-refractivity contribution in [2.45, 2.75) is 25.4 Å². The van der Waals surface area contributed by atoms with Crippen molar-refractivity contribution < 1.29 is 28.6 Å². The molecule has 0 rings (SSSR count). The van der Waals surface area contributed by atoms with Crippen molar-refractivity contribution in [3.8, 4) is 0 Å². The van der Waals surface area contributed by atoms with Crippen molar-refractivity contribution in [2.75, 3.05) is 33.0 Å². The van der Waals surface area contributed by atoms with E-state index < -0.39 is 0 Å². The minimum Gasteiger partial charge on any atom is -0.378 e. The molecule has 0 radical (unpaired) electrons. The first-order valence-corrected chi connectivity index (χ1v) is 7.76. The Hall–Kier alpha value is -1.89. The highest BCUT2D eigenvalue weighted by Gasteiger charge is 2.11. The molecule has 0 aliphatic heterocycles. The molecule has 0 saturated heterocycles. The van der Waals surface area contributed by atoms with Crippen LogP contribution in [0.25, 0.3) is 0 Å². The summed E-state index contributed by atoms with van der Waals surface area (Å²) in [5.74, 6) is -0.296. The molecule has 0 aromatic heterocycles. The van der Waals surface area contributed by atoms with Gasteiger partial charge in [0.2, 0.25) is 0 Å². The molecule has 0 aromatic carbocycles. The van der Waals surface area contributed by atoms with E-state index in [-0.39, 0.29) is 75.8 Å². The Morgan fingerprint density at radius 2 is 1.08 bits per heavy atom. The van der Waals surface area contributed by atoms with Gasteiger partial charge in [0.1, 0.15) is 6.10 Å². The van der Waals surface area contributed by atoms with Crippen molar-refractivity contribution in [2.24, 2.45) is 0 Å². The van der Waals surface area contributed by atoms with Crippen LogP contribution in [0.1, 0.15) is 19.3 Å². The number of carbonyl (C=O) groups is 3. The Balaban J connectivity index is 4.11. The highest BCUT2D eigenvalue weighted by atomic mass is 16.6. The van der Waals surface area contributed by atoms with Gasteiger partial charge < -0.3 is 14.2 Å². The van der Waals surface area contributed by atoms with Gasteiger partial charge in [-0.15, -0.1) is 0 Å². The summed E-state index contributed by atoms with van der Waals surface area (Å²) in [6, 6.07) is 0. The van der Waals surface area contributed by atoms with Crippen LogP contribution in [0.15, 0.2) is 38.0 Å². The molecule has 0 aliphatic rings. The molecule has 0 bridgehead atoms. The van der Waals surface area contributed by atoms with E-state index >= 15 is 0 Å². The van der Waals surface area contributed by atoms with Crippen molar-refractivity contribution in [1.82, 2.24) is 0 Å². The van der Waals surface area contributed by atoms with Gasteiger partial charge in [-0.3, -0.25) is 14.4 Å². The normalized spacial score (nSPS) is 10.4. The Kier molecular flexibility index (Phi) is 13.5. The van der Waals surface area contributed by atoms with E-state index in [2.05, 4.69) is 19.7 Å². The molecule has 24 heavy (non-hydrogen) atoms. The van der Waals surface area contributed by atoms with Crippen LogP contribution in [0.5, 0.6) is 0 Å². The number of hydrogen-bond acceptors (Lipinski definition) is 6. The monoisotopic (exact) mass is 338 g/mol. The maximum Gasteiger partial charge on any atom is 0.157 e. The van der Waals surface area contributed by atoms with Crippen LogP contribution in [-0.2, 0) is 28.6 Å². The molecule has 0 amide bonds. The van der Waals surface area contributed by atoms with Crippen LogP contribution in [0, 0.1) is 0 Å². The number of allylic oxidation sites excluding steroid dienone is 3. The molecule has 0 fully saturated rings. The standard InChI is InChI=1S/C18H26O6/c1-4-15(19)7-10-22-13-18(24-12-9-17(21)6-3)14-23-11-8-16(20)5-2/h4-6,18H,1-3,7-14H2. The molecule has 0 unspecified atom stereocenters. The molecule has 0 saturated carbocycles. The predicted octanol–water partition coefficient (Wildman–Crippen LogP) is 1.84. The third-order valence-corrected chi connectivity index (χ3v) is 2.98. The summed E-state index contributed by atoms with van der Waals surface area (Å²) in [7, 11) is 0. The third kappa shape index (κ3) is 12.6. The fraction of sp³-hybridized carbons (Fsp3) is 0.500. The quantitative estimate of drug-likeness (QED) is 0.297. The maximum atomic E-state index is 11.2. The summed E-state index contributed by atoms with van der Waals surface area (Å²) in [4.78, 5) is 33.4. The molecular weight excluding hydrogens is 312 g/mol. The number of hydrogen-bond donors (Lipinski definition) is 0. The van der Waals surface area contributed by atoms with Crippen LogP contribution in [0.2, 0.25) is 0 Å². The van der Waals surface area contributed by atoms with Crippen LogP contribution in [0.4, 0.5) is 0 Å². The average Bonchev–Trinajstić information content (AvgIpc) is 2.60. The van der Waals surface area contributed by atoms with Gasteiger partial charge in [-0.25, -0.2) is 0 Å². The lowest BCUT2D eigenvalue weighted by atomic mass is 10.3. The second-order valence-electron chi connectivity index (χ2n) is 4.90. The largest absolute Gasteiger partial charge is 0.378 e. The zero-order valence-electron chi connectivity index (χ0n) is 14.0. The molecule has 0 spiro atoms. The number of carbonyl (C=O) groups excluding carboxylic acids is 3. The Labute approximate surface area is 143 Å². The van der Waals surface area contributed by atoms with E-state index in [1.807, 2.05) is 0 Å². The van der Waals surface area contributed by atoms with E-state index in [0.717, 1.165) is 0 Å². The van der Waals surface area contributed by atoms with E-state index in [4.69, 9.17) is 14.2 Å². The summed E-state index contributed by atoms with van der Waals surface area (Å²) < 4.78 is 16.3. The number of ketones is 3. The molecule has 0 atom stereocenters. The molecular formula is C18H26O6. The van der Waals surface area contributed by atoms with Crippen molar-refractivity contribution in [3.05, 3.63) is 38.0 Å². The fourth-order valence-corrected chi connectivity index (χ4v) is 1.55. The predicted molar refractivity (Wildman–Crippen MR) is 90.8 cm³/mol. The van der Waals surface area contributed by atoms with Gasteiger partial charge in [0.15, 0.2) is 17.3 Å². The van der Waals surface area contributed by atoms with Crippen LogP contribution < -0.4 is 0 Å². The smallest absolute Gasteiger partial charge is 0.157 e. The van der Waals surface area contributed by atoms with Crippen molar-refractivity contribution >= 4 is 17.3 Å². The summed E-state index contributed by atoms with van der Waals surface area (Å²) in [5, 5.41) is 0. The fourth-order valence-electron chi connectivity index (χ4n) is 1.55. The van der Waals surface area contributed by atoms with Crippen molar-refractivity contribution in [1.29, 1.82) is 0 Å².